The summed E-state index contributed by atoms with van der Waals surface area (Å²) >= 11 is 0. The molecule has 1 aliphatic rings. The van der Waals surface area contributed by atoms with Crippen molar-refractivity contribution in [2.24, 2.45) is 0 Å². The van der Waals surface area contributed by atoms with Gasteiger partial charge in [0.05, 0.1) is 19.7 Å². The normalized spacial score (nSPS) is 14.2. The van der Waals surface area contributed by atoms with Crippen LogP contribution in [-0.2, 0) is 16.1 Å². The second-order valence-electron chi connectivity index (χ2n) is 9.48. The molecule has 1 N–H and O–H groups in total. The number of carbonyl (C=O) groups is 2. The minimum Gasteiger partial charge on any atom is -0.493 e. The number of nitrogens with one attached hydrogen (secondary N) is 1. The predicted molar refractivity (Wildman–Crippen MR) is 144 cm³/mol. The Balaban J connectivity index is 1.60. The number of anilines is 1. The van der Waals surface area contributed by atoms with Crippen molar-refractivity contribution in [3.8, 4) is 11.5 Å². The van der Waals surface area contributed by atoms with Gasteiger partial charge < -0.3 is 14.8 Å². The van der Waals surface area contributed by atoms with Gasteiger partial charge in [-0.3, -0.25) is 14.5 Å². The van der Waals surface area contributed by atoms with E-state index in [1.165, 1.54) is 48.1 Å². The number of nitrogens with zero attached hydrogens (tertiary/aromatic N) is 4. The second kappa shape index (κ2) is 11.5. The number of hydrogen-bond acceptors (Lipinski definition) is 6. The fourth-order valence-corrected chi connectivity index (χ4v) is 5.06. The molecule has 0 spiro atoms. The summed E-state index contributed by atoms with van der Waals surface area (Å²) in [6, 6.07) is 16.9. The Kier molecular flexibility index (Phi) is 7.72. The topological polar surface area (TPSA) is 98.6 Å². The molecule has 9 nitrogen and oxygen atoms in total. The molecule has 1 heterocycles. The fourth-order valence-electron chi connectivity index (χ4n) is 5.06. The molecule has 1 unspecified atom stereocenters. The Morgan fingerprint density at radius 3 is 2.46 bits per heavy atom. The molecule has 0 saturated heterocycles. The maximum atomic E-state index is 14.1. The Morgan fingerprint density at radius 1 is 1.03 bits per heavy atom. The molecule has 0 radical (unpaired) electrons. The van der Waals surface area contributed by atoms with Crippen molar-refractivity contribution in [1.29, 1.82) is 0 Å². The summed E-state index contributed by atoms with van der Waals surface area (Å²) in [6.07, 6.45) is 3.81. The molecule has 4 aromatic rings. The lowest BCUT2D eigenvalue weighted by Crippen LogP contribution is -2.47. The van der Waals surface area contributed by atoms with Crippen LogP contribution in [0.25, 0.3) is 11.0 Å². The second-order valence-corrected chi connectivity index (χ2v) is 9.48. The van der Waals surface area contributed by atoms with Gasteiger partial charge in [-0.15, -0.1) is 5.10 Å². The highest BCUT2D eigenvalue weighted by molar-refractivity contribution is 6.02. The lowest BCUT2D eigenvalue weighted by molar-refractivity contribution is -0.127. The minimum absolute atomic E-state index is 0.0158. The van der Waals surface area contributed by atoms with Crippen molar-refractivity contribution in [1.82, 2.24) is 20.3 Å². The van der Waals surface area contributed by atoms with Crippen molar-refractivity contribution < 1.29 is 23.5 Å². The summed E-state index contributed by atoms with van der Waals surface area (Å²) in [4.78, 5) is 29.5. The molecule has 2 amide bonds. The smallest absolute Gasteiger partial charge is 0.249 e. The molecule has 0 aliphatic heterocycles. The number of carbonyl (C=O) groups excluding carboxylic acids is 2. The van der Waals surface area contributed by atoms with E-state index in [0.717, 1.165) is 25.7 Å². The van der Waals surface area contributed by atoms with Gasteiger partial charge in [0.15, 0.2) is 11.5 Å². The third-order valence-corrected chi connectivity index (χ3v) is 7.01. The first-order chi connectivity index (χ1) is 19.0. The van der Waals surface area contributed by atoms with Crippen LogP contribution in [0, 0.1) is 5.82 Å². The zero-order valence-electron chi connectivity index (χ0n) is 21.8. The SMILES string of the molecule is COc1ccc(N(C(=O)Cn2nnc3ccccc32)C(C(=O)NC2CCCC2)c2ccc(F)cc2)cc1OC. The first kappa shape index (κ1) is 26.1. The fraction of sp³-hybridized carbons (Fsp3) is 0.310. The number of methoxy groups -OCH3 is 2. The number of benzene rings is 3. The molecule has 3 aromatic carbocycles. The molecular formula is C29H30FN5O4. The van der Waals surface area contributed by atoms with Gasteiger partial charge >= 0.3 is 0 Å². The van der Waals surface area contributed by atoms with E-state index in [1.807, 2.05) is 24.3 Å². The van der Waals surface area contributed by atoms with Crippen LogP contribution < -0.4 is 19.7 Å². The zero-order chi connectivity index (χ0) is 27.4. The van der Waals surface area contributed by atoms with E-state index in [1.54, 1.807) is 18.2 Å². The number of hydrogen-bond donors (Lipinski definition) is 1. The van der Waals surface area contributed by atoms with Crippen molar-refractivity contribution in [3.63, 3.8) is 0 Å². The largest absolute Gasteiger partial charge is 0.493 e. The van der Waals surface area contributed by atoms with Crippen molar-refractivity contribution >= 4 is 28.5 Å². The van der Waals surface area contributed by atoms with Crippen LogP contribution in [0.3, 0.4) is 0 Å². The quantitative estimate of drug-likeness (QED) is 0.343. The summed E-state index contributed by atoms with van der Waals surface area (Å²) in [5.74, 6) is -0.321. The highest BCUT2D eigenvalue weighted by atomic mass is 19.1. The molecule has 5 rings (SSSR count). The number of halogens is 1. The van der Waals surface area contributed by atoms with Gasteiger partial charge in [0, 0.05) is 17.8 Å². The molecule has 1 aliphatic carbocycles. The monoisotopic (exact) mass is 531 g/mol. The molecule has 1 aromatic heterocycles. The zero-order valence-corrected chi connectivity index (χ0v) is 21.8. The number of para-hydroxylation sites is 1. The van der Waals surface area contributed by atoms with E-state index in [-0.39, 0.29) is 18.5 Å². The van der Waals surface area contributed by atoms with Crippen LogP contribution in [0.15, 0.2) is 66.7 Å². The van der Waals surface area contributed by atoms with E-state index in [4.69, 9.17) is 9.47 Å². The van der Waals surface area contributed by atoms with E-state index in [9.17, 15) is 14.0 Å². The van der Waals surface area contributed by atoms with Crippen LogP contribution in [0.1, 0.15) is 37.3 Å². The maximum absolute atomic E-state index is 14.1. The molecular weight excluding hydrogens is 501 g/mol. The van der Waals surface area contributed by atoms with Gasteiger partial charge in [-0.1, -0.05) is 42.3 Å². The number of rotatable bonds is 9. The first-order valence-corrected chi connectivity index (χ1v) is 12.9. The Labute approximate surface area is 225 Å². The molecule has 39 heavy (non-hydrogen) atoms. The minimum atomic E-state index is -1.08. The molecule has 1 atom stereocenters. The lowest BCUT2D eigenvalue weighted by Gasteiger charge is -2.32. The van der Waals surface area contributed by atoms with Crippen molar-refractivity contribution in [2.75, 3.05) is 19.1 Å². The summed E-state index contributed by atoms with van der Waals surface area (Å²) in [7, 11) is 3.02. The highest BCUT2D eigenvalue weighted by Gasteiger charge is 2.35. The predicted octanol–water partition coefficient (Wildman–Crippen LogP) is 4.42. The number of aromatic nitrogens is 3. The summed E-state index contributed by atoms with van der Waals surface area (Å²) in [5.41, 5.74) is 2.22. The number of amides is 2. The van der Waals surface area contributed by atoms with Gasteiger partial charge in [-0.25, -0.2) is 9.07 Å². The molecule has 1 fully saturated rings. The first-order valence-electron chi connectivity index (χ1n) is 12.9. The van der Waals surface area contributed by atoms with Gasteiger partial charge in [0.1, 0.15) is 23.9 Å². The van der Waals surface area contributed by atoms with Crippen LogP contribution in [0.2, 0.25) is 0 Å². The Morgan fingerprint density at radius 2 is 1.74 bits per heavy atom. The van der Waals surface area contributed by atoms with Gasteiger partial charge in [0.2, 0.25) is 11.8 Å². The maximum Gasteiger partial charge on any atom is 0.249 e. The van der Waals surface area contributed by atoms with Crippen molar-refractivity contribution in [3.05, 3.63) is 78.1 Å². The van der Waals surface area contributed by atoms with Crippen LogP contribution in [-0.4, -0.2) is 47.1 Å². The molecule has 202 valence electrons. The van der Waals surface area contributed by atoms with Gasteiger partial charge in [0.25, 0.3) is 0 Å². The van der Waals surface area contributed by atoms with E-state index < -0.39 is 17.8 Å². The summed E-state index contributed by atoms with van der Waals surface area (Å²) in [5, 5.41) is 11.4. The molecule has 1 saturated carbocycles. The average Bonchev–Trinajstić information content (AvgIpc) is 3.62. The molecule has 10 heteroatoms. The van der Waals surface area contributed by atoms with E-state index >= 15 is 0 Å². The van der Waals surface area contributed by atoms with Crippen LogP contribution in [0.4, 0.5) is 10.1 Å². The molecule has 0 bridgehead atoms. The van der Waals surface area contributed by atoms with Gasteiger partial charge in [-0.05, 0) is 54.8 Å². The summed E-state index contributed by atoms with van der Waals surface area (Å²) < 4.78 is 26.3. The Bertz CT molecular complexity index is 1470. The third kappa shape index (κ3) is 5.55. The Hall–Kier alpha value is -4.47. The average molecular weight is 532 g/mol. The third-order valence-electron chi connectivity index (χ3n) is 7.01. The standard InChI is InChI=1S/C29H30FN5O4/c1-38-25-16-15-22(17-26(25)39-2)35(27(36)18-34-24-10-6-5-9-23(24)32-33-34)28(19-11-13-20(30)14-12-19)29(37)31-21-7-3-4-8-21/h5-6,9-17,21,28H,3-4,7-8,18H2,1-2H3,(H,31,37). The highest BCUT2D eigenvalue weighted by Crippen LogP contribution is 2.36. The lowest BCUT2D eigenvalue weighted by atomic mass is 10.0. The van der Waals surface area contributed by atoms with Crippen LogP contribution >= 0.6 is 0 Å². The van der Waals surface area contributed by atoms with Crippen LogP contribution in [0.5, 0.6) is 11.5 Å². The van der Waals surface area contributed by atoms with E-state index in [0.29, 0.717) is 33.8 Å². The van der Waals surface area contributed by atoms with Gasteiger partial charge in [-0.2, -0.15) is 0 Å². The summed E-state index contributed by atoms with van der Waals surface area (Å²) in [6.45, 7) is -0.177. The number of ether oxygens (including phenoxy) is 2. The number of fused-ring (bicyclic) bond motifs is 1. The van der Waals surface area contributed by atoms with Crippen molar-refractivity contribution in [2.45, 2.75) is 44.3 Å². The van der Waals surface area contributed by atoms with E-state index in [2.05, 4.69) is 15.6 Å².